The zero-order valence-electron chi connectivity index (χ0n) is 21.0. The molecule has 0 aliphatic heterocycles. The van der Waals surface area contributed by atoms with E-state index in [-0.39, 0.29) is 16.9 Å². The van der Waals surface area contributed by atoms with Crippen molar-refractivity contribution in [3.63, 3.8) is 0 Å². The van der Waals surface area contributed by atoms with Crippen molar-refractivity contribution in [3.8, 4) is 23.6 Å². The lowest BCUT2D eigenvalue weighted by Crippen LogP contribution is -2.14. The molecule has 0 atom stereocenters. The van der Waals surface area contributed by atoms with Crippen molar-refractivity contribution in [3.05, 3.63) is 58.7 Å². The lowest BCUT2D eigenvalue weighted by atomic mass is 9.77. The molecule has 0 saturated heterocycles. The van der Waals surface area contributed by atoms with E-state index in [4.69, 9.17) is 9.47 Å². The molecule has 2 aromatic carbocycles. The van der Waals surface area contributed by atoms with Gasteiger partial charge in [0.1, 0.15) is 29.0 Å². The van der Waals surface area contributed by atoms with Gasteiger partial charge in [0.25, 0.3) is 0 Å². The van der Waals surface area contributed by atoms with Gasteiger partial charge >= 0.3 is 5.97 Å². The fourth-order valence-corrected chi connectivity index (χ4v) is 4.95. The summed E-state index contributed by atoms with van der Waals surface area (Å²) < 4.78 is 11.3. The monoisotopic (exact) mass is 472 g/mol. The Morgan fingerprint density at radius 3 is 2.14 bits per heavy atom. The molecule has 0 radical (unpaired) electrons. The molecule has 1 aliphatic carbocycles. The molecule has 0 heterocycles. The van der Waals surface area contributed by atoms with Crippen LogP contribution < -0.4 is 9.47 Å². The molecule has 0 bridgehead atoms. The van der Waals surface area contributed by atoms with Crippen LogP contribution in [0.15, 0.2) is 36.4 Å². The summed E-state index contributed by atoms with van der Waals surface area (Å²) in [5.41, 5.74) is 1.81. The highest BCUT2D eigenvalue weighted by atomic mass is 16.5. The molecule has 0 N–H and O–H groups in total. The van der Waals surface area contributed by atoms with Crippen LogP contribution in [-0.2, 0) is 0 Å². The summed E-state index contributed by atoms with van der Waals surface area (Å²) in [6.45, 7) is 4.87. The van der Waals surface area contributed by atoms with Crippen LogP contribution in [0.25, 0.3) is 0 Å². The molecule has 1 fully saturated rings. The van der Waals surface area contributed by atoms with Crippen molar-refractivity contribution in [1.82, 2.24) is 0 Å². The Morgan fingerprint density at radius 1 is 0.857 bits per heavy atom. The number of hydrogen-bond donors (Lipinski definition) is 0. The van der Waals surface area contributed by atoms with Gasteiger partial charge in [-0.3, -0.25) is 0 Å². The highest BCUT2D eigenvalue weighted by Crippen LogP contribution is 2.37. The Morgan fingerprint density at radius 2 is 1.51 bits per heavy atom. The van der Waals surface area contributed by atoms with Crippen molar-refractivity contribution in [2.45, 2.75) is 84.0 Å². The molecule has 1 saturated carbocycles. The Hall–Kier alpha value is -3.31. The Balaban J connectivity index is 1.65. The van der Waals surface area contributed by atoms with E-state index in [0.717, 1.165) is 31.6 Å². The van der Waals surface area contributed by atoms with E-state index in [2.05, 4.69) is 13.8 Å². The number of hydrogen-bond acceptors (Lipinski definition) is 5. The van der Waals surface area contributed by atoms with Gasteiger partial charge in [-0.1, -0.05) is 58.1 Å². The van der Waals surface area contributed by atoms with Crippen molar-refractivity contribution >= 4 is 5.97 Å². The van der Waals surface area contributed by atoms with Gasteiger partial charge in [0.15, 0.2) is 5.75 Å². The third-order valence-electron chi connectivity index (χ3n) is 6.97. The SMILES string of the molecule is CCCCCCOc1ccc(OC(=O)c2ccc(C3CCC(CCC)CC3)cc2)c(C#N)c1C#N. The second kappa shape index (κ2) is 13.5. The van der Waals surface area contributed by atoms with E-state index in [1.165, 1.54) is 50.2 Å². The topological polar surface area (TPSA) is 83.1 Å². The van der Waals surface area contributed by atoms with Gasteiger partial charge in [-0.2, -0.15) is 10.5 Å². The summed E-state index contributed by atoms with van der Waals surface area (Å²) in [6.07, 6.45) is 11.7. The normalized spacial score (nSPS) is 17.3. The maximum Gasteiger partial charge on any atom is 0.343 e. The molecule has 5 heteroatoms. The van der Waals surface area contributed by atoms with E-state index < -0.39 is 5.97 Å². The zero-order chi connectivity index (χ0) is 25.0. The summed E-state index contributed by atoms with van der Waals surface area (Å²) in [6, 6.07) is 14.8. The average Bonchev–Trinajstić information content (AvgIpc) is 2.89. The van der Waals surface area contributed by atoms with Gasteiger partial charge < -0.3 is 9.47 Å². The fourth-order valence-electron chi connectivity index (χ4n) is 4.95. The minimum Gasteiger partial charge on any atom is -0.492 e. The lowest BCUT2D eigenvalue weighted by Gasteiger charge is -2.28. The zero-order valence-corrected chi connectivity index (χ0v) is 21.0. The van der Waals surface area contributed by atoms with Crippen LogP contribution in [0, 0.1) is 28.6 Å². The predicted molar refractivity (Wildman–Crippen MR) is 137 cm³/mol. The van der Waals surface area contributed by atoms with Gasteiger partial charge in [0.2, 0.25) is 0 Å². The Labute approximate surface area is 209 Å². The molecular formula is C30H36N2O3. The highest BCUT2D eigenvalue weighted by Gasteiger charge is 2.23. The number of nitrogens with zero attached hydrogens (tertiary/aromatic N) is 2. The van der Waals surface area contributed by atoms with Gasteiger partial charge in [-0.25, -0.2) is 4.79 Å². The number of carbonyl (C=O) groups is 1. The number of carbonyl (C=O) groups excluding carboxylic acids is 1. The minimum atomic E-state index is -0.545. The van der Waals surface area contributed by atoms with Crippen LogP contribution in [0.3, 0.4) is 0 Å². The van der Waals surface area contributed by atoms with E-state index in [9.17, 15) is 15.3 Å². The second-order valence-electron chi connectivity index (χ2n) is 9.46. The van der Waals surface area contributed by atoms with E-state index in [1.54, 1.807) is 18.2 Å². The fraction of sp³-hybridized carbons (Fsp3) is 0.500. The summed E-state index contributed by atoms with van der Waals surface area (Å²) in [7, 11) is 0. The second-order valence-corrected chi connectivity index (χ2v) is 9.46. The summed E-state index contributed by atoms with van der Waals surface area (Å²) in [5.74, 6) is 1.28. The molecule has 5 nitrogen and oxygen atoms in total. The van der Waals surface area contributed by atoms with Crippen LogP contribution in [-0.4, -0.2) is 12.6 Å². The smallest absolute Gasteiger partial charge is 0.343 e. The molecule has 0 aromatic heterocycles. The minimum absolute atomic E-state index is 0.0207. The van der Waals surface area contributed by atoms with Crippen molar-refractivity contribution in [1.29, 1.82) is 10.5 Å². The van der Waals surface area contributed by atoms with Gasteiger partial charge in [-0.05, 0) is 73.8 Å². The largest absolute Gasteiger partial charge is 0.492 e. The Kier molecular flexibility index (Phi) is 10.2. The predicted octanol–water partition coefficient (Wildman–Crippen LogP) is 7.68. The molecule has 0 spiro atoms. The summed E-state index contributed by atoms with van der Waals surface area (Å²) >= 11 is 0. The third kappa shape index (κ3) is 7.09. The first-order chi connectivity index (χ1) is 17.1. The number of unbranched alkanes of at least 4 members (excludes halogenated alkanes) is 3. The molecule has 35 heavy (non-hydrogen) atoms. The molecule has 184 valence electrons. The first kappa shape index (κ1) is 26.3. The van der Waals surface area contributed by atoms with Crippen LogP contribution in [0.4, 0.5) is 0 Å². The first-order valence-corrected chi connectivity index (χ1v) is 13.0. The van der Waals surface area contributed by atoms with Gasteiger partial charge in [-0.15, -0.1) is 0 Å². The molecule has 0 unspecified atom stereocenters. The van der Waals surface area contributed by atoms with Gasteiger partial charge in [0, 0.05) is 0 Å². The lowest BCUT2D eigenvalue weighted by molar-refractivity contribution is 0.0734. The Bertz CT molecular complexity index is 1050. The maximum atomic E-state index is 12.8. The van der Waals surface area contributed by atoms with E-state index >= 15 is 0 Å². The summed E-state index contributed by atoms with van der Waals surface area (Å²) in [4.78, 5) is 12.8. The number of rotatable bonds is 11. The molecule has 0 amide bonds. The molecule has 1 aliphatic rings. The van der Waals surface area contributed by atoms with Crippen molar-refractivity contribution < 1.29 is 14.3 Å². The maximum absolute atomic E-state index is 12.8. The van der Waals surface area contributed by atoms with Crippen LogP contribution in [0.2, 0.25) is 0 Å². The van der Waals surface area contributed by atoms with Gasteiger partial charge in [0.05, 0.1) is 12.2 Å². The first-order valence-electron chi connectivity index (χ1n) is 13.0. The summed E-state index contributed by atoms with van der Waals surface area (Å²) in [5, 5.41) is 19.3. The number of benzene rings is 2. The quantitative estimate of drug-likeness (QED) is 0.190. The van der Waals surface area contributed by atoms with Crippen LogP contribution in [0.5, 0.6) is 11.5 Å². The number of nitriles is 2. The average molecular weight is 473 g/mol. The van der Waals surface area contributed by atoms with Crippen LogP contribution >= 0.6 is 0 Å². The van der Waals surface area contributed by atoms with Crippen molar-refractivity contribution in [2.75, 3.05) is 6.61 Å². The van der Waals surface area contributed by atoms with Crippen molar-refractivity contribution in [2.24, 2.45) is 5.92 Å². The highest BCUT2D eigenvalue weighted by molar-refractivity contribution is 5.91. The number of ether oxygens (including phenoxy) is 2. The number of esters is 1. The molecule has 3 rings (SSSR count). The standard InChI is InChI=1S/C30H36N2O3/c1-3-5-6-7-19-34-28-17-18-29(27(21-32)26(28)20-31)35-30(33)25-15-13-24(14-16-25)23-11-9-22(8-4-2)10-12-23/h13-18,22-23H,3-12,19H2,1-2H3. The molecule has 2 aromatic rings. The van der Waals surface area contributed by atoms with E-state index in [1.807, 2.05) is 24.3 Å². The third-order valence-corrected chi connectivity index (χ3v) is 6.97. The van der Waals surface area contributed by atoms with E-state index in [0.29, 0.717) is 23.8 Å². The molecular weight excluding hydrogens is 436 g/mol. The van der Waals surface area contributed by atoms with Crippen LogP contribution in [0.1, 0.15) is 111 Å².